The van der Waals surface area contributed by atoms with Crippen molar-refractivity contribution in [1.29, 1.82) is 0 Å². The van der Waals surface area contributed by atoms with Crippen LogP contribution in [0.25, 0.3) is 0 Å². The Morgan fingerprint density at radius 2 is 2.25 bits per heavy atom. The number of hydrogen-bond acceptors (Lipinski definition) is 5. The van der Waals surface area contributed by atoms with Crippen LogP contribution in [0.5, 0.6) is 0 Å². The number of hydrogen-bond donors (Lipinski definition) is 0. The zero-order chi connectivity index (χ0) is 10.6. The van der Waals surface area contributed by atoms with Crippen molar-refractivity contribution in [3.05, 3.63) is 18.0 Å². The fraction of sp³-hybridized carbons (Fsp3) is 0.444. The molecule has 1 aromatic rings. The fourth-order valence-corrected chi connectivity index (χ4v) is 1.32. The van der Waals surface area contributed by atoms with Gasteiger partial charge in [0.05, 0.1) is 11.4 Å². The first-order valence-corrected chi connectivity index (χ1v) is 5.34. The minimum Gasteiger partial charge on any atom is -0.870 e. The van der Waals surface area contributed by atoms with E-state index in [4.69, 9.17) is 0 Å². The molecule has 0 aromatic carbocycles. The average Bonchev–Trinajstić information content (AvgIpc) is 2.28. The van der Waals surface area contributed by atoms with Crippen LogP contribution in [0.1, 0.15) is 19.0 Å². The van der Waals surface area contributed by atoms with Gasteiger partial charge in [0.2, 0.25) is 0 Å². The summed E-state index contributed by atoms with van der Waals surface area (Å²) in [6.45, 7) is 1.58. The molecule has 84 valence electrons. The summed E-state index contributed by atoms with van der Waals surface area (Å²) < 4.78 is 13.8. The maximum Gasteiger partial charge on any atom is 1.00 e. The van der Waals surface area contributed by atoms with Crippen molar-refractivity contribution in [3.63, 3.8) is 0 Å². The average molecular weight is 237 g/mol. The topological polar surface area (TPSA) is 72.8 Å². The van der Waals surface area contributed by atoms with Crippen LogP contribution in [0.4, 0.5) is 4.39 Å². The van der Waals surface area contributed by atoms with E-state index < -0.39 is 5.67 Å². The summed E-state index contributed by atoms with van der Waals surface area (Å²) in [4.78, 5) is 18.3. The number of thioether (sulfide) groups is 1. The number of nitrogens with zero attached hydrogens (tertiary/aromatic N) is 2. The third-order valence-corrected chi connectivity index (χ3v) is 2.43. The van der Waals surface area contributed by atoms with Gasteiger partial charge in [-0.25, -0.2) is 16.3 Å². The molecule has 0 fully saturated rings. The summed E-state index contributed by atoms with van der Waals surface area (Å²) in [6.07, 6.45) is 4.64. The van der Waals surface area contributed by atoms with Crippen molar-refractivity contribution < 1.29 is 33.5 Å². The molecule has 0 amide bonds. The van der Waals surface area contributed by atoms with E-state index in [1.165, 1.54) is 30.3 Å². The first kappa shape index (κ1) is 18.0. The molecule has 0 bridgehead atoms. The van der Waals surface area contributed by atoms with E-state index >= 15 is 0 Å². The largest absolute Gasteiger partial charge is 1.00 e. The van der Waals surface area contributed by atoms with Crippen LogP contribution in [0.15, 0.2) is 17.4 Å². The molecule has 0 aliphatic heterocycles. The number of carbonyl (C=O) groups excluding carboxylic acids is 1. The third-order valence-electron chi connectivity index (χ3n) is 1.87. The Hall–Kier alpha value is -0.413. The molecule has 0 aliphatic carbocycles. The van der Waals surface area contributed by atoms with Gasteiger partial charge in [-0.2, -0.15) is 0 Å². The Kier molecular flexibility index (Phi) is 8.75. The van der Waals surface area contributed by atoms with E-state index in [9.17, 15) is 9.18 Å². The summed E-state index contributed by atoms with van der Waals surface area (Å²) in [7, 11) is 0. The smallest absolute Gasteiger partial charge is 0.870 e. The van der Waals surface area contributed by atoms with Gasteiger partial charge in [0.15, 0.2) is 5.16 Å². The SMILES string of the molecule is CCC(F)([C-]=O)c1ccnc(SC)n1.[Li+].[OH-]. The Morgan fingerprint density at radius 3 is 2.69 bits per heavy atom. The third kappa shape index (κ3) is 3.87. The second-order valence-corrected chi connectivity index (χ2v) is 3.46. The minimum atomic E-state index is -2.10. The molecular formula is C9H11FLiN2O2S-. The molecular weight excluding hydrogens is 226 g/mol. The minimum absolute atomic E-state index is 0. The monoisotopic (exact) mass is 237 g/mol. The van der Waals surface area contributed by atoms with Crippen LogP contribution in [0.2, 0.25) is 0 Å². The zero-order valence-corrected chi connectivity index (χ0v) is 10.2. The van der Waals surface area contributed by atoms with Gasteiger partial charge in [0.1, 0.15) is 0 Å². The predicted octanol–water partition coefficient (Wildman–Crippen LogP) is -1.29. The van der Waals surface area contributed by atoms with Crippen LogP contribution in [0, 0.1) is 0 Å². The number of alkyl halides is 1. The molecule has 4 nitrogen and oxygen atoms in total. The summed E-state index contributed by atoms with van der Waals surface area (Å²) in [6, 6.07) is 1.40. The van der Waals surface area contributed by atoms with E-state index in [2.05, 4.69) is 9.97 Å². The van der Waals surface area contributed by atoms with Crippen molar-refractivity contribution in [1.82, 2.24) is 9.97 Å². The zero-order valence-electron chi connectivity index (χ0n) is 9.40. The Labute approximate surface area is 110 Å². The van der Waals surface area contributed by atoms with E-state index in [-0.39, 0.29) is 36.5 Å². The second kappa shape index (κ2) is 7.79. The van der Waals surface area contributed by atoms with Crippen molar-refractivity contribution >= 4 is 18.0 Å². The molecule has 0 saturated heterocycles. The van der Waals surface area contributed by atoms with E-state index in [1.807, 2.05) is 0 Å². The Bertz CT molecular complexity index is 343. The second-order valence-electron chi connectivity index (χ2n) is 2.69. The van der Waals surface area contributed by atoms with Crippen molar-refractivity contribution in [2.75, 3.05) is 6.26 Å². The van der Waals surface area contributed by atoms with Gasteiger partial charge in [0, 0.05) is 6.20 Å². The molecule has 1 atom stereocenters. The number of halogens is 1. The molecule has 0 aliphatic rings. The van der Waals surface area contributed by atoms with E-state index in [0.29, 0.717) is 5.16 Å². The first-order chi connectivity index (χ1) is 6.66. The van der Waals surface area contributed by atoms with Gasteiger partial charge in [-0.1, -0.05) is 18.7 Å². The summed E-state index contributed by atoms with van der Waals surface area (Å²) in [5.41, 5.74) is -2.03. The number of aromatic nitrogens is 2. The molecule has 7 heteroatoms. The van der Waals surface area contributed by atoms with E-state index in [1.54, 1.807) is 13.2 Å². The van der Waals surface area contributed by atoms with Crippen LogP contribution in [-0.4, -0.2) is 28.0 Å². The first-order valence-electron chi connectivity index (χ1n) is 4.12. The number of rotatable bonds is 4. The summed E-state index contributed by atoms with van der Waals surface area (Å²) in [5, 5.41) is 0.452. The Morgan fingerprint density at radius 1 is 1.62 bits per heavy atom. The molecule has 16 heavy (non-hydrogen) atoms. The Balaban J connectivity index is 0. The van der Waals surface area contributed by atoms with E-state index in [0.717, 1.165) is 0 Å². The molecule has 0 saturated carbocycles. The standard InChI is InChI=1S/C9H10FN2OS.Li.H2O/c1-3-9(10,6-13)7-4-5-11-8(12-7)14-2;;/h4-5H,3H2,1-2H3;;1H2/q-1;+1;/p-1. The van der Waals surface area contributed by atoms with Gasteiger partial charge in [-0.3, -0.25) is 4.39 Å². The van der Waals surface area contributed by atoms with Crippen molar-refractivity contribution in [2.24, 2.45) is 0 Å². The van der Waals surface area contributed by atoms with Gasteiger partial charge >= 0.3 is 18.9 Å². The van der Waals surface area contributed by atoms with Crippen molar-refractivity contribution in [3.8, 4) is 0 Å². The maximum absolute atomic E-state index is 13.8. The quantitative estimate of drug-likeness (QED) is 0.282. The van der Waals surface area contributed by atoms with Crippen LogP contribution >= 0.6 is 11.8 Å². The fourth-order valence-electron chi connectivity index (χ4n) is 0.965. The maximum atomic E-state index is 13.8. The van der Waals surface area contributed by atoms with Crippen LogP contribution in [-0.2, 0) is 10.5 Å². The van der Waals surface area contributed by atoms with Crippen LogP contribution < -0.4 is 18.9 Å². The molecule has 0 radical (unpaired) electrons. The predicted molar refractivity (Wildman–Crippen MR) is 54.5 cm³/mol. The molecule has 1 aromatic heterocycles. The molecule has 1 unspecified atom stereocenters. The summed E-state index contributed by atoms with van der Waals surface area (Å²) in [5.74, 6) is 0. The van der Waals surface area contributed by atoms with Crippen LogP contribution in [0.3, 0.4) is 0 Å². The normalized spacial score (nSPS) is 12.9. The van der Waals surface area contributed by atoms with Gasteiger partial charge in [0.25, 0.3) is 0 Å². The van der Waals surface area contributed by atoms with Gasteiger partial charge in [-0.05, 0) is 18.7 Å². The van der Waals surface area contributed by atoms with Gasteiger partial charge < -0.3 is 10.3 Å². The molecule has 0 spiro atoms. The summed E-state index contributed by atoms with van der Waals surface area (Å²) >= 11 is 1.30. The van der Waals surface area contributed by atoms with Gasteiger partial charge in [-0.15, -0.1) is 0 Å². The van der Waals surface area contributed by atoms with Crippen molar-refractivity contribution in [2.45, 2.75) is 24.2 Å². The molecule has 1 rings (SSSR count). The molecule has 1 N–H and O–H groups in total. The molecule has 1 heterocycles.